The lowest BCUT2D eigenvalue weighted by Crippen LogP contribution is -2.46. The molecule has 1 rings (SSSR count). The molecule has 0 heterocycles. The van der Waals surface area contributed by atoms with Crippen molar-refractivity contribution in [1.82, 2.24) is 4.90 Å². The van der Waals surface area contributed by atoms with Gasteiger partial charge in [0.05, 0.1) is 18.8 Å². The van der Waals surface area contributed by atoms with E-state index in [9.17, 15) is 5.11 Å². The number of aliphatic hydroxyl groups excluding tert-OH is 2. The maximum Gasteiger partial charge on any atom is 0.0900 e. The van der Waals surface area contributed by atoms with Crippen molar-refractivity contribution in [2.45, 2.75) is 57.8 Å². The molecule has 0 spiro atoms. The molecule has 1 unspecified atom stereocenters. The molecule has 1 atom stereocenters. The topological polar surface area (TPSA) is 52.9 Å². The molecule has 1 saturated carbocycles. The van der Waals surface area contributed by atoms with Crippen LogP contribution in [0.2, 0.25) is 0 Å². The SMILES string of the molecule is CC(C)OCC(O)CN(CCCO)C1CCC1. The van der Waals surface area contributed by atoms with Gasteiger partial charge in [-0.25, -0.2) is 0 Å². The molecule has 4 heteroatoms. The Morgan fingerprint density at radius 2 is 2.06 bits per heavy atom. The Hall–Kier alpha value is -0.160. The fourth-order valence-electron chi connectivity index (χ4n) is 2.08. The maximum absolute atomic E-state index is 9.91. The van der Waals surface area contributed by atoms with Crippen molar-refractivity contribution < 1.29 is 14.9 Å². The minimum absolute atomic E-state index is 0.166. The molecule has 0 saturated heterocycles. The fraction of sp³-hybridized carbons (Fsp3) is 1.00. The van der Waals surface area contributed by atoms with Gasteiger partial charge < -0.3 is 14.9 Å². The molecular formula is C13H27NO3. The molecule has 1 aliphatic rings. The normalized spacial score (nSPS) is 18.7. The van der Waals surface area contributed by atoms with E-state index in [0.717, 1.165) is 13.0 Å². The highest BCUT2D eigenvalue weighted by atomic mass is 16.5. The van der Waals surface area contributed by atoms with Crippen LogP contribution in [0.3, 0.4) is 0 Å². The third-order valence-electron chi connectivity index (χ3n) is 3.26. The summed E-state index contributed by atoms with van der Waals surface area (Å²) in [6.07, 6.45) is 4.27. The Kier molecular flexibility index (Phi) is 7.04. The highest BCUT2D eigenvalue weighted by molar-refractivity contribution is 4.81. The van der Waals surface area contributed by atoms with Gasteiger partial charge in [0.15, 0.2) is 0 Å². The van der Waals surface area contributed by atoms with Crippen LogP contribution in [-0.4, -0.2) is 59.7 Å². The molecule has 1 fully saturated rings. The lowest BCUT2D eigenvalue weighted by Gasteiger charge is -2.38. The zero-order valence-electron chi connectivity index (χ0n) is 11.1. The second-order valence-corrected chi connectivity index (χ2v) is 5.19. The van der Waals surface area contributed by atoms with Gasteiger partial charge in [-0.2, -0.15) is 0 Å². The minimum atomic E-state index is -0.420. The van der Waals surface area contributed by atoms with E-state index in [2.05, 4.69) is 4.90 Å². The zero-order chi connectivity index (χ0) is 12.7. The van der Waals surface area contributed by atoms with Crippen molar-refractivity contribution in [2.24, 2.45) is 0 Å². The number of hydrogen-bond donors (Lipinski definition) is 2. The van der Waals surface area contributed by atoms with Gasteiger partial charge in [-0.15, -0.1) is 0 Å². The average molecular weight is 245 g/mol. The van der Waals surface area contributed by atoms with Gasteiger partial charge in [0.25, 0.3) is 0 Å². The molecule has 17 heavy (non-hydrogen) atoms. The predicted molar refractivity (Wildman–Crippen MR) is 68.0 cm³/mol. The first kappa shape index (κ1) is 14.9. The molecular weight excluding hydrogens is 218 g/mol. The number of rotatable bonds is 9. The second-order valence-electron chi connectivity index (χ2n) is 5.19. The fourth-order valence-corrected chi connectivity index (χ4v) is 2.08. The summed E-state index contributed by atoms with van der Waals surface area (Å²) in [4.78, 5) is 2.30. The van der Waals surface area contributed by atoms with Crippen molar-refractivity contribution in [1.29, 1.82) is 0 Å². The van der Waals surface area contributed by atoms with Crippen LogP contribution in [0, 0.1) is 0 Å². The van der Waals surface area contributed by atoms with Gasteiger partial charge in [0.2, 0.25) is 0 Å². The smallest absolute Gasteiger partial charge is 0.0900 e. The summed E-state index contributed by atoms with van der Waals surface area (Å²) in [6, 6.07) is 0.607. The summed E-state index contributed by atoms with van der Waals surface area (Å²) in [5.41, 5.74) is 0. The van der Waals surface area contributed by atoms with Crippen LogP contribution in [-0.2, 0) is 4.74 Å². The molecule has 0 radical (unpaired) electrons. The predicted octanol–water partition coefficient (Wildman–Crippen LogP) is 1.01. The van der Waals surface area contributed by atoms with Crippen LogP contribution < -0.4 is 0 Å². The molecule has 0 aliphatic heterocycles. The van der Waals surface area contributed by atoms with E-state index in [1.54, 1.807) is 0 Å². The lowest BCUT2D eigenvalue weighted by molar-refractivity contribution is -0.0212. The van der Waals surface area contributed by atoms with Gasteiger partial charge >= 0.3 is 0 Å². The van der Waals surface area contributed by atoms with E-state index in [1.165, 1.54) is 19.3 Å². The number of nitrogens with zero attached hydrogens (tertiary/aromatic N) is 1. The zero-order valence-corrected chi connectivity index (χ0v) is 11.1. The summed E-state index contributed by atoms with van der Waals surface area (Å²) < 4.78 is 5.41. The minimum Gasteiger partial charge on any atom is -0.396 e. The van der Waals surface area contributed by atoms with Crippen molar-refractivity contribution in [3.63, 3.8) is 0 Å². The Balaban J connectivity index is 2.25. The summed E-state index contributed by atoms with van der Waals surface area (Å²) in [5, 5.41) is 18.8. The molecule has 2 N–H and O–H groups in total. The first-order chi connectivity index (χ1) is 8.13. The van der Waals surface area contributed by atoms with Crippen LogP contribution in [0.1, 0.15) is 39.5 Å². The van der Waals surface area contributed by atoms with Crippen LogP contribution in [0.25, 0.3) is 0 Å². The van der Waals surface area contributed by atoms with E-state index in [0.29, 0.717) is 19.2 Å². The Labute approximate surface area is 105 Å². The summed E-state index contributed by atoms with van der Waals surface area (Å²) in [6.45, 7) is 6.11. The molecule has 0 bridgehead atoms. The Bertz CT molecular complexity index is 195. The van der Waals surface area contributed by atoms with Crippen LogP contribution in [0.4, 0.5) is 0 Å². The molecule has 1 aliphatic carbocycles. The molecule has 4 nitrogen and oxygen atoms in total. The van der Waals surface area contributed by atoms with Crippen molar-refractivity contribution in [2.75, 3.05) is 26.3 Å². The van der Waals surface area contributed by atoms with E-state index in [1.807, 2.05) is 13.8 Å². The van der Waals surface area contributed by atoms with Gasteiger partial charge in [-0.3, -0.25) is 4.90 Å². The molecule has 0 amide bonds. The number of ether oxygens (including phenoxy) is 1. The largest absolute Gasteiger partial charge is 0.396 e. The van der Waals surface area contributed by atoms with Crippen molar-refractivity contribution >= 4 is 0 Å². The van der Waals surface area contributed by atoms with Gasteiger partial charge in [0, 0.05) is 25.7 Å². The summed E-state index contributed by atoms with van der Waals surface area (Å²) in [7, 11) is 0. The first-order valence-electron chi connectivity index (χ1n) is 6.78. The third-order valence-corrected chi connectivity index (χ3v) is 3.26. The Morgan fingerprint density at radius 3 is 2.53 bits per heavy atom. The third kappa shape index (κ3) is 5.82. The lowest BCUT2D eigenvalue weighted by atomic mass is 9.91. The van der Waals surface area contributed by atoms with Crippen molar-refractivity contribution in [3.8, 4) is 0 Å². The molecule has 102 valence electrons. The van der Waals surface area contributed by atoms with Gasteiger partial charge in [-0.05, 0) is 33.1 Å². The summed E-state index contributed by atoms with van der Waals surface area (Å²) >= 11 is 0. The summed E-state index contributed by atoms with van der Waals surface area (Å²) in [5.74, 6) is 0. The van der Waals surface area contributed by atoms with Crippen LogP contribution in [0.5, 0.6) is 0 Å². The first-order valence-corrected chi connectivity index (χ1v) is 6.78. The highest BCUT2D eigenvalue weighted by Crippen LogP contribution is 2.25. The second kappa shape index (κ2) is 8.03. The Morgan fingerprint density at radius 1 is 1.35 bits per heavy atom. The molecule has 0 aromatic rings. The van der Waals surface area contributed by atoms with Crippen LogP contribution >= 0.6 is 0 Å². The van der Waals surface area contributed by atoms with E-state index in [4.69, 9.17) is 9.84 Å². The van der Waals surface area contributed by atoms with E-state index >= 15 is 0 Å². The quantitative estimate of drug-likeness (QED) is 0.636. The number of aliphatic hydroxyl groups is 2. The average Bonchev–Trinajstić information content (AvgIpc) is 2.20. The van der Waals surface area contributed by atoms with Crippen molar-refractivity contribution in [3.05, 3.63) is 0 Å². The monoisotopic (exact) mass is 245 g/mol. The molecule has 0 aromatic heterocycles. The van der Waals surface area contributed by atoms with E-state index < -0.39 is 6.10 Å². The molecule has 0 aromatic carbocycles. The van der Waals surface area contributed by atoms with Gasteiger partial charge in [0.1, 0.15) is 0 Å². The van der Waals surface area contributed by atoms with E-state index in [-0.39, 0.29) is 12.7 Å². The van der Waals surface area contributed by atoms with Gasteiger partial charge in [-0.1, -0.05) is 6.42 Å². The standard InChI is InChI=1S/C13H27NO3/c1-11(2)17-10-13(16)9-14(7-4-8-15)12-5-3-6-12/h11-13,15-16H,3-10H2,1-2H3. The maximum atomic E-state index is 9.91. The van der Waals surface area contributed by atoms with Crippen LogP contribution in [0.15, 0.2) is 0 Å². The number of hydrogen-bond acceptors (Lipinski definition) is 4. The highest BCUT2D eigenvalue weighted by Gasteiger charge is 2.26.